The van der Waals surface area contributed by atoms with Gasteiger partial charge in [-0.1, -0.05) is 17.7 Å². The number of carbonyl (C=O) groups excluding carboxylic acids is 1. The number of thioether (sulfide) groups is 1. The number of hydrogen-bond acceptors (Lipinski definition) is 6. The largest absolute Gasteiger partial charge is 0.492 e. The van der Waals surface area contributed by atoms with Crippen molar-refractivity contribution in [3.05, 3.63) is 47.5 Å². The Morgan fingerprint density at radius 2 is 1.90 bits per heavy atom. The van der Waals surface area contributed by atoms with Crippen LogP contribution in [-0.2, 0) is 19.6 Å². The van der Waals surface area contributed by atoms with Crippen LogP contribution in [0.3, 0.4) is 0 Å². The molecule has 2 aromatic carbocycles. The highest BCUT2D eigenvalue weighted by Gasteiger charge is 2.29. The van der Waals surface area contributed by atoms with Crippen molar-refractivity contribution in [2.45, 2.75) is 30.6 Å². The van der Waals surface area contributed by atoms with Gasteiger partial charge in [-0.2, -0.15) is 4.31 Å². The summed E-state index contributed by atoms with van der Waals surface area (Å²) in [6, 6.07) is 10.8. The third kappa shape index (κ3) is 6.00. The van der Waals surface area contributed by atoms with Gasteiger partial charge in [-0.15, -0.1) is 11.8 Å². The Labute approximate surface area is 188 Å². The molecule has 0 saturated carbocycles. The van der Waals surface area contributed by atoms with E-state index in [0.717, 1.165) is 16.0 Å². The van der Waals surface area contributed by atoms with E-state index in [4.69, 9.17) is 9.47 Å². The number of aryl methyl sites for hydroxylation is 2. The molecule has 1 aliphatic rings. The Kier molecular flexibility index (Phi) is 7.99. The van der Waals surface area contributed by atoms with Crippen molar-refractivity contribution < 1.29 is 22.7 Å². The second-order valence-electron chi connectivity index (χ2n) is 7.22. The highest BCUT2D eigenvalue weighted by Crippen LogP contribution is 2.31. The maximum absolute atomic E-state index is 13.2. The van der Waals surface area contributed by atoms with Crippen LogP contribution < -0.4 is 10.1 Å². The molecular formula is C22H28N2O5S2. The van der Waals surface area contributed by atoms with Crippen LogP contribution in [0.4, 0.5) is 5.69 Å². The fraction of sp³-hybridized carbons (Fsp3) is 0.409. The van der Waals surface area contributed by atoms with Crippen LogP contribution in [0.5, 0.6) is 5.75 Å². The van der Waals surface area contributed by atoms with Gasteiger partial charge < -0.3 is 14.8 Å². The lowest BCUT2D eigenvalue weighted by molar-refractivity contribution is -0.113. The fourth-order valence-corrected chi connectivity index (χ4v) is 5.68. The molecule has 1 amide bonds. The van der Waals surface area contributed by atoms with Crippen molar-refractivity contribution in [1.29, 1.82) is 0 Å². The first kappa shape index (κ1) is 23.6. The molecule has 0 atom stereocenters. The number of hydrogen-bond donors (Lipinski definition) is 1. The topological polar surface area (TPSA) is 84.9 Å². The predicted octanol–water partition coefficient (Wildman–Crippen LogP) is 3.45. The molecule has 1 fully saturated rings. The minimum Gasteiger partial charge on any atom is -0.492 e. The molecule has 0 bridgehead atoms. The predicted molar refractivity (Wildman–Crippen MR) is 122 cm³/mol. The van der Waals surface area contributed by atoms with Crippen LogP contribution >= 0.6 is 11.8 Å². The van der Waals surface area contributed by atoms with E-state index in [1.165, 1.54) is 22.1 Å². The maximum Gasteiger partial charge on any atom is 0.246 e. The van der Waals surface area contributed by atoms with Gasteiger partial charge in [0, 0.05) is 23.7 Å². The van der Waals surface area contributed by atoms with Crippen molar-refractivity contribution in [3.63, 3.8) is 0 Å². The average molecular weight is 465 g/mol. The summed E-state index contributed by atoms with van der Waals surface area (Å²) in [4.78, 5) is 13.6. The number of carbonyl (C=O) groups is 1. The summed E-state index contributed by atoms with van der Waals surface area (Å²) in [5.41, 5.74) is 2.67. The number of nitrogens with one attached hydrogen (secondary N) is 1. The van der Waals surface area contributed by atoms with Gasteiger partial charge in [-0.25, -0.2) is 8.42 Å². The standard InChI is InChI=1S/C22H28N2O5S2/c1-4-29-19-8-7-18(14-21(19)31(26,27)24-9-11-28-12-10-24)23-22(25)15-30-20-13-16(2)5-6-17(20)3/h5-8,13-14H,4,9-12,15H2,1-3H3,(H,23,25). The van der Waals surface area contributed by atoms with E-state index in [1.807, 2.05) is 26.0 Å². The molecule has 9 heteroatoms. The minimum absolute atomic E-state index is 0.0521. The zero-order valence-corrected chi connectivity index (χ0v) is 19.6. The Hall–Kier alpha value is -2.07. The quantitative estimate of drug-likeness (QED) is 0.603. The molecule has 0 aromatic heterocycles. The molecule has 1 N–H and O–H groups in total. The van der Waals surface area contributed by atoms with Crippen molar-refractivity contribution in [1.82, 2.24) is 4.31 Å². The monoisotopic (exact) mass is 464 g/mol. The first-order valence-corrected chi connectivity index (χ1v) is 12.6. The fourth-order valence-electron chi connectivity index (χ4n) is 3.19. The summed E-state index contributed by atoms with van der Waals surface area (Å²) in [5, 5.41) is 2.81. The van der Waals surface area contributed by atoms with Gasteiger partial charge in [0.15, 0.2) is 0 Å². The van der Waals surface area contributed by atoms with Crippen LogP contribution in [0.2, 0.25) is 0 Å². The molecule has 2 aromatic rings. The second-order valence-corrected chi connectivity index (χ2v) is 10.1. The van der Waals surface area contributed by atoms with Crippen molar-refractivity contribution in [3.8, 4) is 5.75 Å². The minimum atomic E-state index is -3.77. The van der Waals surface area contributed by atoms with E-state index < -0.39 is 10.0 Å². The van der Waals surface area contributed by atoms with Crippen LogP contribution in [0.25, 0.3) is 0 Å². The van der Waals surface area contributed by atoms with Crippen LogP contribution in [0.1, 0.15) is 18.1 Å². The summed E-state index contributed by atoms with van der Waals surface area (Å²) in [6.45, 7) is 7.45. The Morgan fingerprint density at radius 1 is 1.16 bits per heavy atom. The molecule has 0 unspecified atom stereocenters. The normalized spacial score (nSPS) is 14.9. The Bertz CT molecular complexity index is 1030. The average Bonchev–Trinajstić information content (AvgIpc) is 2.76. The van der Waals surface area contributed by atoms with Gasteiger partial charge in [0.1, 0.15) is 10.6 Å². The molecule has 168 valence electrons. The highest BCUT2D eigenvalue weighted by atomic mass is 32.2. The molecule has 31 heavy (non-hydrogen) atoms. The van der Waals surface area contributed by atoms with Gasteiger partial charge in [0.2, 0.25) is 15.9 Å². The van der Waals surface area contributed by atoms with Crippen LogP contribution in [0.15, 0.2) is 46.2 Å². The Balaban J connectivity index is 1.76. The molecule has 7 nitrogen and oxygen atoms in total. The van der Waals surface area contributed by atoms with Crippen molar-refractivity contribution in [2.24, 2.45) is 0 Å². The molecule has 0 spiro atoms. The zero-order valence-electron chi connectivity index (χ0n) is 18.0. The Morgan fingerprint density at radius 3 is 2.61 bits per heavy atom. The molecule has 3 rings (SSSR count). The van der Waals surface area contributed by atoms with E-state index >= 15 is 0 Å². The van der Waals surface area contributed by atoms with E-state index in [9.17, 15) is 13.2 Å². The third-order valence-corrected chi connectivity index (χ3v) is 7.89. The second kappa shape index (κ2) is 10.5. The summed E-state index contributed by atoms with van der Waals surface area (Å²) in [6.07, 6.45) is 0. The van der Waals surface area contributed by atoms with E-state index in [0.29, 0.717) is 25.5 Å². The third-order valence-electron chi connectivity index (χ3n) is 4.82. The zero-order chi connectivity index (χ0) is 22.4. The molecule has 1 heterocycles. The summed E-state index contributed by atoms with van der Waals surface area (Å²) >= 11 is 1.46. The lowest BCUT2D eigenvalue weighted by Crippen LogP contribution is -2.40. The van der Waals surface area contributed by atoms with E-state index in [2.05, 4.69) is 11.4 Å². The number of nitrogens with zero attached hydrogens (tertiary/aromatic N) is 1. The first-order chi connectivity index (χ1) is 14.8. The smallest absolute Gasteiger partial charge is 0.246 e. The first-order valence-electron chi connectivity index (χ1n) is 10.2. The van der Waals surface area contributed by atoms with Gasteiger partial charge in [-0.05, 0) is 50.6 Å². The van der Waals surface area contributed by atoms with Gasteiger partial charge in [-0.3, -0.25) is 4.79 Å². The number of ether oxygens (including phenoxy) is 2. The maximum atomic E-state index is 13.2. The van der Waals surface area contributed by atoms with Crippen molar-refractivity contribution in [2.75, 3.05) is 44.0 Å². The lowest BCUT2D eigenvalue weighted by atomic mass is 10.2. The van der Waals surface area contributed by atoms with E-state index in [1.54, 1.807) is 19.1 Å². The van der Waals surface area contributed by atoms with Crippen LogP contribution in [0, 0.1) is 13.8 Å². The van der Waals surface area contributed by atoms with Gasteiger partial charge in [0.05, 0.1) is 25.6 Å². The summed E-state index contributed by atoms with van der Waals surface area (Å²) in [7, 11) is -3.77. The number of morpholine rings is 1. The number of anilines is 1. The highest BCUT2D eigenvalue weighted by molar-refractivity contribution is 8.00. The number of benzene rings is 2. The lowest BCUT2D eigenvalue weighted by Gasteiger charge is -2.27. The number of amides is 1. The number of sulfonamides is 1. The van der Waals surface area contributed by atoms with Gasteiger partial charge >= 0.3 is 0 Å². The van der Waals surface area contributed by atoms with Crippen LogP contribution in [-0.4, -0.2) is 57.3 Å². The molecular weight excluding hydrogens is 436 g/mol. The SMILES string of the molecule is CCOc1ccc(NC(=O)CSc2cc(C)ccc2C)cc1S(=O)(=O)N1CCOCC1. The molecule has 0 aliphatic carbocycles. The van der Waals surface area contributed by atoms with Crippen molar-refractivity contribution >= 4 is 33.4 Å². The van der Waals surface area contributed by atoms with E-state index in [-0.39, 0.29) is 35.4 Å². The molecule has 1 saturated heterocycles. The molecule has 0 radical (unpaired) electrons. The summed E-state index contributed by atoms with van der Waals surface area (Å²) in [5.74, 6) is 0.296. The summed E-state index contributed by atoms with van der Waals surface area (Å²) < 4.78 is 38.6. The van der Waals surface area contributed by atoms with Gasteiger partial charge in [0.25, 0.3) is 0 Å². The molecule has 1 aliphatic heterocycles. The number of rotatable bonds is 8.